The standard InChI is InChI=1S/C29H29ClF2N2O2/c1-16(19-11-20(18-5-6-18)13-22(31)12-19)23-14-21(30)7-10-26(23)36-15-27(35)34-25-9-8-24(29(3,4)33)28(32)17(25)2/h7-14,18H,1,5-6,15,33H2,2-4H3,(H,34,35). The molecular formula is C29H29ClF2N2O2. The van der Waals surface area contributed by atoms with Gasteiger partial charge in [0.15, 0.2) is 6.61 Å². The number of nitrogens with one attached hydrogen (secondary N) is 1. The number of ether oxygens (including phenoxy) is 1. The number of nitrogens with two attached hydrogens (primary N) is 1. The predicted molar refractivity (Wildman–Crippen MR) is 140 cm³/mol. The number of benzene rings is 3. The molecule has 1 saturated carbocycles. The first-order valence-corrected chi connectivity index (χ1v) is 12.1. The summed E-state index contributed by atoms with van der Waals surface area (Å²) in [6.45, 7) is 8.82. The van der Waals surface area contributed by atoms with Crippen molar-refractivity contribution in [2.24, 2.45) is 5.73 Å². The Morgan fingerprint density at radius 1 is 1.17 bits per heavy atom. The van der Waals surface area contributed by atoms with E-state index < -0.39 is 17.3 Å². The number of hydrogen-bond donors (Lipinski definition) is 2. The van der Waals surface area contributed by atoms with E-state index in [0.717, 1.165) is 18.4 Å². The van der Waals surface area contributed by atoms with Gasteiger partial charge in [0, 0.05) is 32.9 Å². The Morgan fingerprint density at radius 3 is 2.56 bits per heavy atom. The van der Waals surface area contributed by atoms with Crippen molar-refractivity contribution < 1.29 is 18.3 Å². The van der Waals surface area contributed by atoms with Crippen LogP contribution in [0.1, 0.15) is 60.4 Å². The van der Waals surface area contributed by atoms with Gasteiger partial charge in [-0.15, -0.1) is 0 Å². The summed E-state index contributed by atoms with van der Waals surface area (Å²) in [5, 5.41) is 3.14. The third kappa shape index (κ3) is 5.77. The minimum absolute atomic E-state index is 0.289. The number of hydrogen-bond acceptors (Lipinski definition) is 3. The molecular weight excluding hydrogens is 482 g/mol. The average Bonchev–Trinajstić information content (AvgIpc) is 3.65. The van der Waals surface area contributed by atoms with Crippen LogP contribution in [0.5, 0.6) is 5.75 Å². The van der Waals surface area contributed by atoms with Crippen molar-refractivity contribution in [3.05, 3.63) is 99.6 Å². The molecule has 4 rings (SSSR count). The second kappa shape index (κ2) is 10.0. The number of rotatable bonds is 8. The second-order valence-corrected chi connectivity index (χ2v) is 10.3. The highest BCUT2D eigenvalue weighted by atomic mass is 35.5. The molecule has 3 aromatic carbocycles. The van der Waals surface area contributed by atoms with Crippen LogP contribution in [0.4, 0.5) is 14.5 Å². The van der Waals surface area contributed by atoms with Gasteiger partial charge in [0.05, 0.1) is 0 Å². The maximum absolute atomic E-state index is 14.8. The third-order valence-electron chi connectivity index (χ3n) is 6.30. The predicted octanol–water partition coefficient (Wildman–Crippen LogP) is 7.08. The van der Waals surface area contributed by atoms with Crippen molar-refractivity contribution >= 4 is 28.8 Å². The molecule has 0 aliphatic heterocycles. The molecule has 0 aromatic heterocycles. The van der Waals surface area contributed by atoms with E-state index in [1.165, 1.54) is 6.07 Å². The molecule has 1 fully saturated rings. The summed E-state index contributed by atoms with van der Waals surface area (Å²) in [5.41, 5.74) is 8.83. The molecule has 0 spiro atoms. The Bertz CT molecular complexity index is 1340. The van der Waals surface area contributed by atoms with E-state index in [1.54, 1.807) is 57.2 Å². The smallest absolute Gasteiger partial charge is 0.262 e. The molecule has 0 radical (unpaired) electrons. The number of amides is 1. The molecule has 7 heteroatoms. The lowest BCUT2D eigenvalue weighted by Crippen LogP contribution is -2.30. The molecule has 1 aliphatic rings. The van der Waals surface area contributed by atoms with Crippen LogP contribution in [0.25, 0.3) is 5.57 Å². The summed E-state index contributed by atoms with van der Waals surface area (Å²) in [6, 6.07) is 13.1. The van der Waals surface area contributed by atoms with Gasteiger partial charge in [-0.25, -0.2) is 8.78 Å². The zero-order valence-corrected chi connectivity index (χ0v) is 21.3. The Balaban J connectivity index is 1.51. The fourth-order valence-electron chi connectivity index (χ4n) is 4.11. The average molecular weight is 511 g/mol. The number of halogens is 3. The van der Waals surface area contributed by atoms with Gasteiger partial charge in [-0.1, -0.05) is 30.3 Å². The van der Waals surface area contributed by atoms with E-state index in [0.29, 0.717) is 44.6 Å². The molecule has 0 bridgehead atoms. The monoisotopic (exact) mass is 510 g/mol. The van der Waals surface area contributed by atoms with Crippen LogP contribution in [0, 0.1) is 18.6 Å². The molecule has 188 valence electrons. The molecule has 0 heterocycles. The molecule has 0 unspecified atom stereocenters. The SMILES string of the molecule is C=C(c1cc(F)cc(C2CC2)c1)c1cc(Cl)ccc1OCC(=O)Nc1ccc(C(C)(C)N)c(F)c1C. The molecule has 36 heavy (non-hydrogen) atoms. The summed E-state index contributed by atoms with van der Waals surface area (Å²) in [7, 11) is 0. The van der Waals surface area contributed by atoms with Crippen LogP contribution >= 0.6 is 11.6 Å². The van der Waals surface area contributed by atoms with Gasteiger partial charge >= 0.3 is 0 Å². The quantitative estimate of drug-likeness (QED) is 0.340. The normalized spacial score (nSPS) is 13.4. The Morgan fingerprint density at radius 2 is 1.89 bits per heavy atom. The molecule has 1 aliphatic carbocycles. The zero-order valence-electron chi connectivity index (χ0n) is 20.6. The Labute approximate surface area is 215 Å². The van der Waals surface area contributed by atoms with Crippen LogP contribution in [0.2, 0.25) is 5.02 Å². The fourth-order valence-corrected chi connectivity index (χ4v) is 4.28. The number of anilines is 1. The van der Waals surface area contributed by atoms with Crippen molar-refractivity contribution in [2.45, 2.75) is 45.1 Å². The van der Waals surface area contributed by atoms with Crippen LogP contribution in [-0.4, -0.2) is 12.5 Å². The summed E-state index contributed by atoms with van der Waals surface area (Å²) < 4.78 is 34.9. The minimum atomic E-state index is -0.852. The first-order chi connectivity index (χ1) is 16.9. The van der Waals surface area contributed by atoms with Crippen LogP contribution < -0.4 is 15.8 Å². The van der Waals surface area contributed by atoms with E-state index >= 15 is 0 Å². The Kier molecular flexibility index (Phi) is 7.21. The number of carbonyl (C=O) groups excluding carboxylic acids is 1. The first-order valence-electron chi connectivity index (χ1n) is 11.7. The zero-order chi connectivity index (χ0) is 26.2. The van der Waals surface area contributed by atoms with Crippen molar-refractivity contribution in [3.8, 4) is 5.75 Å². The summed E-state index contributed by atoms with van der Waals surface area (Å²) in [6.07, 6.45) is 2.10. The van der Waals surface area contributed by atoms with E-state index in [4.69, 9.17) is 22.1 Å². The van der Waals surface area contributed by atoms with Gasteiger partial charge in [0.2, 0.25) is 0 Å². The highest BCUT2D eigenvalue weighted by Gasteiger charge is 2.25. The van der Waals surface area contributed by atoms with Gasteiger partial charge in [0.25, 0.3) is 5.91 Å². The van der Waals surface area contributed by atoms with Gasteiger partial charge in [-0.2, -0.15) is 0 Å². The molecule has 0 saturated heterocycles. The van der Waals surface area contributed by atoms with Crippen LogP contribution in [-0.2, 0) is 10.3 Å². The van der Waals surface area contributed by atoms with Crippen molar-refractivity contribution in [1.82, 2.24) is 0 Å². The Hall–Kier alpha value is -3.22. The largest absolute Gasteiger partial charge is 0.483 e. The van der Waals surface area contributed by atoms with Gasteiger partial charge in [0.1, 0.15) is 17.4 Å². The van der Waals surface area contributed by atoms with Crippen molar-refractivity contribution in [3.63, 3.8) is 0 Å². The molecule has 1 amide bonds. The third-order valence-corrected chi connectivity index (χ3v) is 6.53. The van der Waals surface area contributed by atoms with Crippen molar-refractivity contribution in [2.75, 3.05) is 11.9 Å². The van der Waals surface area contributed by atoms with Gasteiger partial charge < -0.3 is 15.8 Å². The van der Waals surface area contributed by atoms with Gasteiger partial charge in [-0.3, -0.25) is 4.79 Å². The summed E-state index contributed by atoms with van der Waals surface area (Å²) in [4.78, 5) is 12.6. The minimum Gasteiger partial charge on any atom is -0.483 e. The fraction of sp³-hybridized carbons (Fsp3) is 0.276. The van der Waals surface area contributed by atoms with Gasteiger partial charge in [-0.05, 0) is 92.6 Å². The summed E-state index contributed by atoms with van der Waals surface area (Å²) in [5.74, 6) is -0.501. The van der Waals surface area contributed by atoms with Crippen LogP contribution in [0.15, 0.2) is 55.1 Å². The number of carbonyl (C=O) groups is 1. The maximum atomic E-state index is 14.8. The van der Waals surface area contributed by atoms with E-state index in [2.05, 4.69) is 11.9 Å². The second-order valence-electron chi connectivity index (χ2n) is 9.82. The topological polar surface area (TPSA) is 64.3 Å². The highest BCUT2D eigenvalue weighted by Crippen LogP contribution is 2.42. The highest BCUT2D eigenvalue weighted by molar-refractivity contribution is 6.30. The lowest BCUT2D eigenvalue weighted by atomic mass is 9.93. The molecule has 0 atom stereocenters. The lowest BCUT2D eigenvalue weighted by Gasteiger charge is -2.22. The van der Waals surface area contributed by atoms with E-state index in [1.807, 2.05) is 6.07 Å². The van der Waals surface area contributed by atoms with E-state index in [9.17, 15) is 13.6 Å². The molecule has 3 N–H and O–H groups in total. The summed E-state index contributed by atoms with van der Waals surface area (Å²) >= 11 is 6.22. The molecule has 3 aromatic rings. The lowest BCUT2D eigenvalue weighted by molar-refractivity contribution is -0.118. The maximum Gasteiger partial charge on any atom is 0.262 e. The van der Waals surface area contributed by atoms with E-state index in [-0.39, 0.29) is 18.0 Å². The molecule has 4 nitrogen and oxygen atoms in total. The van der Waals surface area contributed by atoms with Crippen LogP contribution in [0.3, 0.4) is 0 Å². The van der Waals surface area contributed by atoms with Crippen molar-refractivity contribution in [1.29, 1.82) is 0 Å². The first kappa shape index (κ1) is 25.9.